The largest absolute Gasteiger partial charge is 0.460 e. The summed E-state index contributed by atoms with van der Waals surface area (Å²) in [6, 6.07) is 0. The first-order chi connectivity index (χ1) is 9.18. The van der Waals surface area contributed by atoms with E-state index >= 15 is 0 Å². The van der Waals surface area contributed by atoms with Crippen LogP contribution in [-0.4, -0.2) is 56.6 Å². The molecule has 1 atom stereocenters. The zero-order valence-electron chi connectivity index (χ0n) is 10.2. The minimum atomic E-state index is -7.09. The maximum atomic E-state index is 13.2. The van der Waals surface area contributed by atoms with E-state index in [0.29, 0.717) is 0 Å². The Morgan fingerprint density at radius 3 is 1.67 bits per heavy atom. The van der Waals surface area contributed by atoms with Crippen molar-refractivity contribution in [3.63, 3.8) is 0 Å². The Morgan fingerprint density at radius 1 is 0.952 bits per heavy atom. The molecule has 0 aliphatic heterocycles. The Hall–Kier alpha value is -0.560. The van der Waals surface area contributed by atoms with E-state index < -0.39 is 54.0 Å². The number of hydrogen-bond donors (Lipinski definition) is 1. The monoisotopic (exact) mass is 355 g/mol. The van der Waals surface area contributed by atoms with Crippen molar-refractivity contribution in [3.8, 4) is 0 Å². The van der Waals surface area contributed by atoms with Crippen LogP contribution in [0.1, 0.15) is 6.92 Å². The lowest BCUT2D eigenvalue weighted by Gasteiger charge is -2.34. The lowest BCUT2D eigenvalue weighted by atomic mass is 10.1. The van der Waals surface area contributed by atoms with Gasteiger partial charge in [0.15, 0.2) is 11.0 Å². The van der Waals surface area contributed by atoms with Gasteiger partial charge in [0.25, 0.3) is 0 Å². The van der Waals surface area contributed by atoms with E-state index in [9.17, 15) is 43.7 Å². The molecule has 1 unspecified atom stereocenters. The first kappa shape index (κ1) is 20.4. The molecule has 0 spiro atoms. The van der Waals surface area contributed by atoms with Crippen molar-refractivity contribution in [2.24, 2.45) is 0 Å². The van der Waals surface area contributed by atoms with E-state index in [1.165, 1.54) is 0 Å². The fourth-order valence-electron chi connectivity index (χ4n) is 1.10. The number of nitrogens with zero attached hydrogens (tertiary/aromatic N) is 1. The summed E-state index contributed by atoms with van der Waals surface area (Å²) in [6.07, 6.45) is -6.96. The van der Waals surface area contributed by atoms with Crippen LogP contribution in [0.15, 0.2) is 0 Å². The third-order valence-corrected chi connectivity index (χ3v) is 3.88. The van der Waals surface area contributed by atoms with Crippen molar-refractivity contribution in [2.75, 3.05) is 19.7 Å². The molecule has 0 aromatic heterocycles. The summed E-state index contributed by atoms with van der Waals surface area (Å²) >= 11 is 0. The van der Waals surface area contributed by atoms with E-state index in [1.54, 1.807) is 0 Å². The summed E-state index contributed by atoms with van der Waals surface area (Å²) in [5.74, 6) is -14.0. The molecule has 0 heterocycles. The average Bonchev–Trinajstić information content (AvgIpc) is 2.33. The van der Waals surface area contributed by atoms with Gasteiger partial charge in [-0.05, 0) is 0 Å². The summed E-state index contributed by atoms with van der Waals surface area (Å²) in [7, 11) is -4.21. The Kier molecular flexibility index (Phi) is 6.11. The SMILES string of the molecule is CCN(CCO)S(=O)C(F)(F)C(F)(F)C(F)(F)C(F)(F)F. The van der Waals surface area contributed by atoms with E-state index in [2.05, 4.69) is 0 Å². The van der Waals surface area contributed by atoms with Gasteiger partial charge in [-0.25, -0.2) is 8.51 Å². The van der Waals surface area contributed by atoms with Crippen molar-refractivity contribution in [2.45, 2.75) is 30.2 Å². The summed E-state index contributed by atoms with van der Waals surface area (Å²) in [5, 5.41) is 2.24. The third-order valence-electron chi connectivity index (χ3n) is 2.27. The number of alkyl halides is 9. The number of likely N-dealkylation sites (N-methyl/N-ethyl adjacent to an activating group) is 1. The van der Waals surface area contributed by atoms with Crippen molar-refractivity contribution < 1.29 is 48.8 Å². The average molecular weight is 355 g/mol. The molecule has 0 fully saturated rings. The summed E-state index contributed by atoms with van der Waals surface area (Å²) in [4.78, 5) is 0. The second-order valence-electron chi connectivity index (χ2n) is 3.66. The molecule has 128 valence electrons. The summed E-state index contributed by atoms with van der Waals surface area (Å²) in [5.41, 5.74) is 0. The van der Waals surface area contributed by atoms with Crippen LogP contribution in [0.4, 0.5) is 39.5 Å². The second kappa shape index (κ2) is 6.28. The van der Waals surface area contributed by atoms with Crippen LogP contribution in [-0.2, 0) is 11.0 Å². The minimum Gasteiger partial charge on any atom is -0.395 e. The maximum Gasteiger partial charge on any atom is 0.460 e. The number of aliphatic hydroxyl groups excluding tert-OH is 1. The van der Waals surface area contributed by atoms with Crippen molar-refractivity contribution in [1.82, 2.24) is 4.31 Å². The molecule has 0 radical (unpaired) electrons. The van der Waals surface area contributed by atoms with Crippen molar-refractivity contribution >= 4 is 11.0 Å². The Labute approximate surface area is 115 Å². The molecule has 0 aliphatic rings. The van der Waals surface area contributed by atoms with Gasteiger partial charge in [0.2, 0.25) is 0 Å². The molecule has 0 aromatic rings. The zero-order valence-corrected chi connectivity index (χ0v) is 11.1. The van der Waals surface area contributed by atoms with Crippen LogP contribution in [0.3, 0.4) is 0 Å². The number of halogens is 9. The quantitative estimate of drug-likeness (QED) is 0.713. The highest BCUT2D eigenvalue weighted by Gasteiger charge is 2.83. The van der Waals surface area contributed by atoms with Crippen LogP contribution in [0, 0.1) is 0 Å². The molecular weight excluding hydrogens is 345 g/mol. The number of hydrogen-bond acceptors (Lipinski definition) is 2. The molecule has 3 nitrogen and oxygen atoms in total. The van der Waals surface area contributed by atoms with E-state index in [1.807, 2.05) is 0 Å². The van der Waals surface area contributed by atoms with Crippen LogP contribution in [0.5, 0.6) is 0 Å². The van der Waals surface area contributed by atoms with Gasteiger partial charge in [0.05, 0.1) is 6.61 Å². The second-order valence-corrected chi connectivity index (χ2v) is 5.19. The lowest BCUT2D eigenvalue weighted by Crippen LogP contribution is -2.63. The number of rotatable bonds is 7. The van der Waals surface area contributed by atoms with Crippen molar-refractivity contribution in [3.05, 3.63) is 0 Å². The highest BCUT2D eigenvalue weighted by Crippen LogP contribution is 2.54. The predicted octanol–water partition coefficient (Wildman–Crippen LogP) is 2.39. The van der Waals surface area contributed by atoms with E-state index in [0.717, 1.165) is 6.92 Å². The molecular formula is C8H10F9NO2S. The fraction of sp³-hybridized carbons (Fsp3) is 1.00. The minimum absolute atomic E-state index is 0.0552. The van der Waals surface area contributed by atoms with Crippen LogP contribution >= 0.6 is 0 Å². The van der Waals surface area contributed by atoms with Gasteiger partial charge in [-0.15, -0.1) is 0 Å². The van der Waals surface area contributed by atoms with Gasteiger partial charge in [0.1, 0.15) is 0 Å². The topological polar surface area (TPSA) is 40.5 Å². The molecule has 1 N–H and O–H groups in total. The molecule has 13 heteroatoms. The lowest BCUT2D eigenvalue weighted by molar-refractivity contribution is -0.382. The Morgan fingerprint density at radius 2 is 1.38 bits per heavy atom. The van der Waals surface area contributed by atoms with Gasteiger partial charge < -0.3 is 5.11 Å². The molecule has 0 saturated heterocycles. The van der Waals surface area contributed by atoms with Crippen molar-refractivity contribution in [1.29, 1.82) is 0 Å². The standard InChI is InChI=1S/C8H10F9NO2S/c1-2-18(3-4-19)21(20)8(16,17)6(11,12)5(9,10)7(13,14)15/h19H,2-4H2,1H3. The zero-order chi connectivity index (χ0) is 17.3. The molecule has 21 heavy (non-hydrogen) atoms. The third kappa shape index (κ3) is 3.44. The van der Waals surface area contributed by atoms with E-state index in [4.69, 9.17) is 5.11 Å². The highest BCUT2D eigenvalue weighted by atomic mass is 32.2. The normalized spacial score (nSPS) is 16.4. The van der Waals surface area contributed by atoms with Gasteiger partial charge in [-0.2, -0.15) is 39.5 Å². The fourth-order valence-corrected chi connectivity index (χ4v) is 2.26. The molecule has 0 amide bonds. The highest BCUT2D eigenvalue weighted by molar-refractivity contribution is 7.83. The van der Waals surface area contributed by atoms with Gasteiger partial charge in [0, 0.05) is 13.1 Å². The maximum absolute atomic E-state index is 13.2. The molecule has 0 rings (SSSR count). The van der Waals surface area contributed by atoms with Crippen LogP contribution in [0.25, 0.3) is 0 Å². The van der Waals surface area contributed by atoms with Gasteiger partial charge >= 0.3 is 23.3 Å². The Bertz CT molecular complexity index is 384. The first-order valence-electron chi connectivity index (χ1n) is 5.16. The predicted molar refractivity (Wildman–Crippen MR) is 53.4 cm³/mol. The van der Waals surface area contributed by atoms with E-state index in [-0.39, 0.29) is 4.31 Å². The summed E-state index contributed by atoms with van der Waals surface area (Å²) < 4.78 is 124. The van der Waals surface area contributed by atoms with Crippen LogP contribution < -0.4 is 0 Å². The molecule has 0 aromatic carbocycles. The van der Waals surface area contributed by atoms with Crippen LogP contribution in [0.2, 0.25) is 0 Å². The van der Waals surface area contributed by atoms with Gasteiger partial charge in [-0.3, -0.25) is 0 Å². The van der Waals surface area contributed by atoms with Gasteiger partial charge in [-0.1, -0.05) is 6.92 Å². The molecule has 0 bridgehead atoms. The number of aliphatic hydroxyl groups is 1. The summed E-state index contributed by atoms with van der Waals surface area (Å²) in [6.45, 7) is -1.48. The molecule has 0 saturated carbocycles. The first-order valence-corrected chi connectivity index (χ1v) is 6.27. The molecule has 0 aliphatic carbocycles. The Balaban J connectivity index is 5.72. The smallest absolute Gasteiger partial charge is 0.395 e.